The maximum atomic E-state index is 12.5. The number of sulfonamides is 1. The van der Waals surface area contributed by atoms with E-state index in [4.69, 9.17) is 5.11 Å². The third kappa shape index (κ3) is 4.52. The summed E-state index contributed by atoms with van der Waals surface area (Å²) in [7, 11) is -7.79. The number of benzene rings is 1. The number of nitrogens with one attached hydrogen (secondary N) is 1. The Bertz CT molecular complexity index is 825. The van der Waals surface area contributed by atoms with Crippen molar-refractivity contribution in [3.8, 4) is 0 Å². The maximum Gasteiger partial charge on any atom is 0.322 e. The van der Waals surface area contributed by atoms with Gasteiger partial charge in [-0.15, -0.1) is 0 Å². The summed E-state index contributed by atoms with van der Waals surface area (Å²) in [4.78, 5) is 10.9. The lowest BCUT2D eigenvalue weighted by Gasteiger charge is -2.19. The minimum Gasteiger partial charge on any atom is -0.480 e. The Labute approximate surface area is 136 Å². The zero-order valence-electron chi connectivity index (χ0n) is 13.6. The van der Waals surface area contributed by atoms with E-state index in [1.54, 1.807) is 20.8 Å². The molecule has 0 fully saturated rings. The van der Waals surface area contributed by atoms with Crippen LogP contribution in [0.1, 0.15) is 25.0 Å². The van der Waals surface area contributed by atoms with Crippen molar-refractivity contribution in [1.29, 1.82) is 0 Å². The monoisotopic (exact) mass is 363 g/mol. The average molecular weight is 363 g/mol. The van der Waals surface area contributed by atoms with Gasteiger partial charge < -0.3 is 5.11 Å². The SMILES string of the molecule is Cc1cc(S(C)(=O)=O)c(C)c(S(=O)(=O)NC(C(=O)O)C(C)C)c1. The van der Waals surface area contributed by atoms with E-state index in [0.29, 0.717) is 5.56 Å². The summed E-state index contributed by atoms with van der Waals surface area (Å²) < 4.78 is 50.8. The van der Waals surface area contributed by atoms with Gasteiger partial charge in [0.25, 0.3) is 0 Å². The molecular formula is C14H21NO6S2. The van der Waals surface area contributed by atoms with Crippen molar-refractivity contribution in [3.63, 3.8) is 0 Å². The van der Waals surface area contributed by atoms with Gasteiger partial charge in [0.15, 0.2) is 9.84 Å². The fourth-order valence-electron chi connectivity index (χ4n) is 2.16. The van der Waals surface area contributed by atoms with Gasteiger partial charge in [-0.3, -0.25) is 4.79 Å². The first-order chi connectivity index (χ1) is 10.3. The molecule has 0 aliphatic carbocycles. The third-order valence-electron chi connectivity index (χ3n) is 3.36. The average Bonchev–Trinajstić information content (AvgIpc) is 2.36. The van der Waals surface area contributed by atoms with Crippen LogP contribution in [0.5, 0.6) is 0 Å². The summed E-state index contributed by atoms with van der Waals surface area (Å²) >= 11 is 0. The second-order valence-corrected chi connectivity index (χ2v) is 9.51. The zero-order valence-corrected chi connectivity index (χ0v) is 15.2. The van der Waals surface area contributed by atoms with E-state index in [1.807, 2.05) is 0 Å². The van der Waals surface area contributed by atoms with Gasteiger partial charge in [-0.05, 0) is 43.0 Å². The molecule has 1 aromatic carbocycles. The summed E-state index contributed by atoms with van der Waals surface area (Å²) in [6, 6.07) is 1.41. The van der Waals surface area contributed by atoms with Crippen molar-refractivity contribution in [2.75, 3.05) is 6.26 Å². The number of hydrogen-bond donors (Lipinski definition) is 2. The third-order valence-corrected chi connectivity index (χ3v) is 6.15. The Kier molecular flexibility index (Phi) is 5.61. The number of sulfone groups is 1. The quantitative estimate of drug-likeness (QED) is 0.781. The van der Waals surface area contributed by atoms with E-state index in [1.165, 1.54) is 19.1 Å². The number of carbonyl (C=O) groups is 1. The zero-order chi connectivity index (χ0) is 18.2. The molecule has 0 heterocycles. The Morgan fingerprint density at radius 2 is 1.57 bits per heavy atom. The standard InChI is InChI=1S/C14H21NO6S2/c1-8(2)13(14(16)17)15-23(20,21)12-7-9(3)6-11(10(12)4)22(5,18)19/h6-8,13,15H,1-5H3,(H,16,17). The van der Waals surface area contributed by atoms with Gasteiger partial charge in [0.1, 0.15) is 6.04 Å². The second kappa shape index (κ2) is 6.58. The summed E-state index contributed by atoms with van der Waals surface area (Å²) in [5, 5.41) is 9.14. The summed E-state index contributed by atoms with van der Waals surface area (Å²) in [5.41, 5.74) is 0.520. The topological polar surface area (TPSA) is 118 Å². The number of carboxylic acids is 1. The van der Waals surface area contributed by atoms with Crippen molar-refractivity contribution in [2.45, 2.75) is 43.5 Å². The fraction of sp³-hybridized carbons (Fsp3) is 0.500. The van der Waals surface area contributed by atoms with Crippen LogP contribution in [0.3, 0.4) is 0 Å². The number of rotatable bonds is 6. The smallest absolute Gasteiger partial charge is 0.322 e. The van der Waals surface area contributed by atoms with Gasteiger partial charge >= 0.3 is 5.97 Å². The van der Waals surface area contributed by atoms with Crippen molar-refractivity contribution in [1.82, 2.24) is 4.72 Å². The molecule has 130 valence electrons. The molecule has 0 bridgehead atoms. The van der Waals surface area contributed by atoms with Gasteiger partial charge in [-0.1, -0.05) is 13.8 Å². The molecule has 1 atom stereocenters. The van der Waals surface area contributed by atoms with Crippen LogP contribution >= 0.6 is 0 Å². The molecule has 0 aliphatic rings. The van der Waals surface area contributed by atoms with Crippen LogP contribution in [0.4, 0.5) is 0 Å². The Balaban J connectivity index is 3.51. The minimum absolute atomic E-state index is 0.0681. The predicted octanol–water partition coefficient (Wildman–Crippen LogP) is 1.09. The fourth-order valence-corrected chi connectivity index (χ4v) is 4.98. The highest BCUT2D eigenvalue weighted by Gasteiger charge is 2.30. The Morgan fingerprint density at radius 1 is 1.09 bits per heavy atom. The second-order valence-electron chi connectivity index (χ2n) is 5.84. The van der Waals surface area contributed by atoms with Crippen LogP contribution in [0.15, 0.2) is 21.9 Å². The molecule has 1 unspecified atom stereocenters. The molecule has 0 radical (unpaired) electrons. The van der Waals surface area contributed by atoms with E-state index in [0.717, 1.165) is 6.26 Å². The molecule has 0 amide bonds. The first-order valence-electron chi connectivity index (χ1n) is 6.84. The van der Waals surface area contributed by atoms with Gasteiger partial charge in [0.05, 0.1) is 9.79 Å². The molecule has 0 spiro atoms. The van der Waals surface area contributed by atoms with Crippen molar-refractivity contribution in [3.05, 3.63) is 23.3 Å². The highest BCUT2D eigenvalue weighted by Crippen LogP contribution is 2.25. The first-order valence-corrected chi connectivity index (χ1v) is 10.2. The van der Waals surface area contributed by atoms with Crippen molar-refractivity contribution in [2.24, 2.45) is 5.92 Å². The molecule has 1 aromatic rings. The summed E-state index contributed by atoms with van der Waals surface area (Å²) in [6.45, 7) is 6.11. The van der Waals surface area contributed by atoms with Crippen LogP contribution in [0, 0.1) is 19.8 Å². The number of hydrogen-bond acceptors (Lipinski definition) is 5. The molecule has 2 N–H and O–H groups in total. The van der Waals surface area contributed by atoms with Crippen LogP contribution in [-0.2, 0) is 24.7 Å². The first kappa shape index (κ1) is 19.6. The minimum atomic E-state index is -4.18. The van der Waals surface area contributed by atoms with E-state index >= 15 is 0 Å². The number of aryl methyl sites for hydroxylation is 1. The molecule has 9 heteroatoms. The maximum absolute atomic E-state index is 12.5. The van der Waals surface area contributed by atoms with Crippen molar-refractivity contribution >= 4 is 25.8 Å². The van der Waals surface area contributed by atoms with Gasteiger partial charge in [-0.2, -0.15) is 4.72 Å². The highest BCUT2D eigenvalue weighted by molar-refractivity contribution is 7.91. The number of carboxylic acid groups (broad SMARTS) is 1. The molecule has 23 heavy (non-hydrogen) atoms. The normalized spacial score (nSPS) is 14.0. The van der Waals surface area contributed by atoms with E-state index in [-0.39, 0.29) is 15.4 Å². The summed E-state index contributed by atoms with van der Waals surface area (Å²) in [6.07, 6.45) is 0.993. The molecular weight excluding hydrogens is 342 g/mol. The van der Waals surface area contributed by atoms with E-state index in [9.17, 15) is 21.6 Å². The van der Waals surface area contributed by atoms with Crippen LogP contribution in [0.25, 0.3) is 0 Å². The molecule has 0 aromatic heterocycles. The summed E-state index contributed by atoms with van der Waals surface area (Å²) in [5.74, 6) is -1.76. The molecule has 0 saturated heterocycles. The van der Waals surface area contributed by atoms with Crippen molar-refractivity contribution < 1.29 is 26.7 Å². The Morgan fingerprint density at radius 3 is 1.96 bits per heavy atom. The van der Waals surface area contributed by atoms with E-state index in [2.05, 4.69) is 4.72 Å². The molecule has 1 rings (SSSR count). The van der Waals surface area contributed by atoms with Gasteiger partial charge in [-0.25, -0.2) is 16.8 Å². The largest absolute Gasteiger partial charge is 0.480 e. The van der Waals surface area contributed by atoms with Crippen LogP contribution < -0.4 is 4.72 Å². The predicted molar refractivity (Wildman–Crippen MR) is 85.6 cm³/mol. The van der Waals surface area contributed by atoms with Gasteiger partial charge in [0.2, 0.25) is 10.0 Å². The van der Waals surface area contributed by atoms with E-state index < -0.39 is 37.8 Å². The molecule has 7 nitrogen and oxygen atoms in total. The van der Waals surface area contributed by atoms with Crippen LogP contribution in [-0.4, -0.2) is 40.2 Å². The molecule has 0 saturated carbocycles. The molecule has 0 aliphatic heterocycles. The highest BCUT2D eigenvalue weighted by atomic mass is 32.2. The lowest BCUT2D eigenvalue weighted by molar-refractivity contribution is -0.140. The number of aliphatic carboxylic acids is 1. The lowest BCUT2D eigenvalue weighted by atomic mass is 10.1. The Hall–Kier alpha value is -1.45. The lowest BCUT2D eigenvalue weighted by Crippen LogP contribution is -2.44. The van der Waals surface area contributed by atoms with Gasteiger partial charge in [0, 0.05) is 6.26 Å². The van der Waals surface area contributed by atoms with Crippen LogP contribution in [0.2, 0.25) is 0 Å².